The Labute approximate surface area is 109 Å². The molecule has 0 atom stereocenters. The highest BCUT2D eigenvalue weighted by molar-refractivity contribution is 5.77. The van der Waals surface area contributed by atoms with Gasteiger partial charge in [0.2, 0.25) is 0 Å². The number of benzene rings is 1. The maximum atomic E-state index is 11.7. The molecule has 1 amide bonds. The van der Waals surface area contributed by atoms with Gasteiger partial charge in [-0.05, 0) is 44.5 Å². The summed E-state index contributed by atoms with van der Waals surface area (Å²) < 4.78 is 5.45. The van der Waals surface area contributed by atoms with Crippen LogP contribution >= 0.6 is 0 Å². The zero-order chi connectivity index (χ0) is 13.5. The minimum Gasteiger partial charge on any atom is -0.484 e. The lowest BCUT2D eigenvalue weighted by atomic mass is 10.1. The lowest BCUT2D eigenvalue weighted by Crippen LogP contribution is -2.36. The van der Waals surface area contributed by atoms with Gasteiger partial charge in [0, 0.05) is 13.1 Å². The number of carbonyl (C=O) groups is 1. The summed E-state index contributed by atoms with van der Waals surface area (Å²) in [5.41, 5.74) is 6.65. The fraction of sp³-hybridized carbons (Fsp3) is 0.500. The molecule has 0 aliphatic carbocycles. The number of ether oxygens (including phenoxy) is 1. The lowest BCUT2D eigenvalue weighted by Gasteiger charge is -2.21. The van der Waals surface area contributed by atoms with Crippen LogP contribution in [0.25, 0.3) is 0 Å². The van der Waals surface area contributed by atoms with Gasteiger partial charge in [-0.15, -0.1) is 0 Å². The van der Waals surface area contributed by atoms with Crippen LogP contribution in [0.4, 0.5) is 0 Å². The third-order valence-electron chi connectivity index (χ3n) is 2.89. The Morgan fingerprint density at radius 3 is 2.44 bits per heavy atom. The molecule has 0 saturated heterocycles. The molecular weight excluding hydrogens is 228 g/mol. The van der Waals surface area contributed by atoms with E-state index in [1.807, 2.05) is 38.1 Å². The zero-order valence-electron chi connectivity index (χ0n) is 11.3. The molecule has 0 aliphatic heterocycles. The van der Waals surface area contributed by atoms with Crippen molar-refractivity contribution in [2.45, 2.75) is 26.3 Å². The van der Waals surface area contributed by atoms with Crippen molar-refractivity contribution in [2.24, 2.45) is 5.73 Å². The standard InChI is InChI=1S/C14H22N2O2/c1-11(2)16(3)14(17)10-18-13-6-4-12(5-7-13)8-9-15/h4-7,11H,8-10,15H2,1-3H3. The van der Waals surface area contributed by atoms with Crippen LogP contribution in [0.3, 0.4) is 0 Å². The predicted octanol–water partition coefficient (Wildman–Crippen LogP) is 1.43. The molecule has 1 aromatic carbocycles. The Bertz CT molecular complexity index is 374. The number of amides is 1. The van der Waals surface area contributed by atoms with Crippen molar-refractivity contribution in [3.05, 3.63) is 29.8 Å². The molecule has 0 radical (unpaired) electrons. The highest BCUT2D eigenvalue weighted by Gasteiger charge is 2.12. The highest BCUT2D eigenvalue weighted by atomic mass is 16.5. The van der Waals surface area contributed by atoms with Crippen molar-refractivity contribution in [1.82, 2.24) is 4.90 Å². The van der Waals surface area contributed by atoms with Crippen LogP contribution in [0, 0.1) is 0 Å². The van der Waals surface area contributed by atoms with Gasteiger partial charge in [0.05, 0.1) is 0 Å². The van der Waals surface area contributed by atoms with Gasteiger partial charge in [0.25, 0.3) is 5.91 Å². The minimum atomic E-state index is -0.0176. The summed E-state index contributed by atoms with van der Waals surface area (Å²) in [6.45, 7) is 4.65. The van der Waals surface area contributed by atoms with Gasteiger partial charge in [-0.2, -0.15) is 0 Å². The quantitative estimate of drug-likeness (QED) is 0.831. The van der Waals surface area contributed by atoms with Crippen molar-refractivity contribution in [3.63, 3.8) is 0 Å². The molecule has 2 N–H and O–H groups in total. The molecule has 4 nitrogen and oxygen atoms in total. The van der Waals surface area contributed by atoms with E-state index in [0.29, 0.717) is 12.3 Å². The first-order valence-corrected chi connectivity index (χ1v) is 6.22. The van der Waals surface area contributed by atoms with E-state index in [2.05, 4.69) is 0 Å². The second-order valence-electron chi connectivity index (χ2n) is 4.57. The van der Waals surface area contributed by atoms with Crippen molar-refractivity contribution in [3.8, 4) is 5.75 Å². The molecule has 0 saturated carbocycles. The average molecular weight is 250 g/mol. The molecule has 0 spiro atoms. The molecule has 0 unspecified atom stereocenters. The Hall–Kier alpha value is -1.55. The van der Waals surface area contributed by atoms with Crippen molar-refractivity contribution < 1.29 is 9.53 Å². The highest BCUT2D eigenvalue weighted by Crippen LogP contribution is 2.12. The van der Waals surface area contributed by atoms with Gasteiger partial charge < -0.3 is 15.4 Å². The van der Waals surface area contributed by atoms with Gasteiger partial charge in [0.1, 0.15) is 5.75 Å². The molecule has 1 rings (SSSR count). The second kappa shape index (κ2) is 7.01. The minimum absolute atomic E-state index is 0.0176. The molecule has 100 valence electrons. The summed E-state index contributed by atoms with van der Waals surface area (Å²) in [5, 5.41) is 0. The third kappa shape index (κ3) is 4.37. The molecule has 1 aromatic rings. The van der Waals surface area contributed by atoms with Crippen LogP contribution in [0.15, 0.2) is 24.3 Å². The summed E-state index contributed by atoms with van der Waals surface area (Å²) in [4.78, 5) is 13.4. The first kappa shape index (κ1) is 14.5. The van der Waals surface area contributed by atoms with Crippen molar-refractivity contribution >= 4 is 5.91 Å². The fourth-order valence-corrected chi connectivity index (χ4v) is 1.45. The maximum Gasteiger partial charge on any atom is 0.260 e. The number of likely N-dealkylation sites (N-methyl/N-ethyl adjacent to an activating group) is 1. The molecule has 0 fully saturated rings. The van der Waals surface area contributed by atoms with Gasteiger partial charge >= 0.3 is 0 Å². The number of carbonyl (C=O) groups excluding carboxylic acids is 1. The molecule has 18 heavy (non-hydrogen) atoms. The Kier molecular flexibility index (Phi) is 5.65. The molecular formula is C14H22N2O2. The monoisotopic (exact) mass is 250 g/mol. The van der Waals surface area contributed by atoms with Crippen LogP contribution in [0.1, 0.15) is 19.4 Å². The van der Waals surface area contributed by atoms with Gasteiger partial charge in [0.15, 0.2) is 6.61 Å². The number of nitrogens with two attached hydrogens (primary N) is 1. The van der Waals surface area contributed by atoms with E-state index in [1.54, 1.807) is 11.9 Å². The number of hydrogen-bond donors (Lipinski definition) is 1. The van der Waals surface area contributed by atoms with E-state index < -0.39 is 0 Å². The topological polar surface area (TPSA) is 55.6 Å². The predicted molar refractivity (Wildman–Crippen MR) is 72.6 cm³/mol. The third-order valence-corrected chi connectivity index (χ3v) is 2.89. The van der Waals surface area contributed by atoms with E-state index >= 15 is 0 Å². The summed E-state index contributed by atoms with van der Waals surface area (Å²) in [6, 6.07) is 7.87. The van der Waals surface area contributed by atoms with Crippen LogP contribution in [0.2, 0.25) is 0 Å². The zero-order valence-corrected chi connectivity index (χ0v) is 11.3. The van der Waals surface area contributed by atoms with E-state index in [1.165, 1.54) is 5.56 Å². The number of rotatable bonds is 6. The summed E-state index contributed by atoms with van der Waals surface area (Å²) in [6.07, 6.45) is 0.856. The fourth-order valence-electron chi connectivity index (χ4n) is 1.45. The van der Waals surface area contributed by atoms with Crippen LogP contribution in [0.5, 0.6) is 5.75 Å². The van der Waals surface area contributed by atoms with E-state index in [0.717, 1.165) is 6.42 Å². The number of nitrogens with zero attached hydrogens (tertiary/aromatic N) is 1. The first-order chi connectivity index (χ1) is 8.54. The second-order valence-corrected chi connectivity index (χ2v) is 4.57. The Morgan fingerprint density at radius 1 is 1.33 bits per heavy atom. The van der Waals surface area contributed by atoms with Crippen LogP contribution in [-0.4, -0.2) is 37.0 Å². The maximum absolute atomic E-state index is 11.7. The molecule has 0 aromatic heterocycles. The molecule has 0 aliphatic rings. The largest absolute Gasteiger partial charge is 0.484 e. The SMILES string of the molecule is CC(C)N(C)C(=O)COc1ccc(CCN)cc1. The molecule has 0 heterocycles. The van der Waals surface area contributed by atoms with Gasteiger partial charge in [-0.25, -0.2) is 0 Å². The van der Waals surface area contributed by atoms with Gasteiger partial charge in [-0.3, -0.25) is 4.79 Å². The molecule has 4 heteroatoms. The first-order valence-electron chi connectivity index (χ1n) is 6.22. The Balaban J connectivity index is 2.46. The van der Waals surface area contributed by atoms with Crippen LogP contribution in [-0.2, 0) is 11.2 Å². The smallest absolute Gasteiger partial charge is 0.260 e. The summed E-state index contributed by atoms with van der Waals surface area (Å²) in [5.74, 6) is 0.692. The number of hydrogen-bond acceptors (Lipinski definition) is 3. The Morgan fingerprint density at radius 2 is 1.94 bits per heavy atom. The van der Waals surface area contributed by atoms with Gasteiger partial charge in [-0.1, -0.05) is 12.1 Å². The van der Waals surface area contributed by atoms with Crippen molar-refractivity contribution in [1.29, 1.82) is 0 Å². The lowest BCUT2D eigenvalue weighted by molar-refractivity contribution is -0.133. The van der Waals surface area contributed by atoms with E-state index in [9.17, 15) is 4.79 Å². The summed E-state index contributed by atoms with van der Waals surface area (Å²) in [7, 11) is 1.78. The van der Waals surface area contributed by atoms with Crippen LogP contribution < -0.4 is 10.5 Å². The average Bonchev–Trinajstić information content (AvgIpc) is 2.37. The molecule has 0 bridgehead atoms. The van der Waals surface area contributed by atoms with E-state index in [4.69, 9.17) is 10.5 Å². The summed E-state index contributed by atoms with van der Waals surface area (Å²) >= 11 is 0. The normalized spacial score (nSPS) is 10.5. The van der Waals surface area contributed by atoms with Crippen molar-refractivity contribution in [2.75, 3.05) is 20.2 Å². The van der Waals surface area contributed by atoms with E-state index in [-0.39, 0.29) is 18.6 Å².